The molecule has 0 aliphatic heterocycles. The second-order valence-corrected chi connectivity index (χ2v) is 8.37. The molecule has 0 aliphatic rings. The number of hydrogen-bond donors (Lipinski definition) is 4. The van der Waals surface area contributed by atoms with Gasteiger partial charge in [-0.25, -0.2) is 0 Å². The summed E-state index contributed by atoms with van der Waals surface area (Å²) in [7, 11) is 1.64. The van der Waals surface area contributed by atoms with Gasteiger partial charge in [0, 0.05) is 29.2 Å². The molecule has 10 nitrogen and oxygen atoms in total. The van der Waals surface area contributed by atoms with Gasteiger partial charge in [-0.2, -0.15) is 4.90 Å². The van der Waals surface area contributed by atoms with Gasteiger partial charge in [-0.3, -0.25) is 4.98 Å². The van der Waals surface area contributed by atoms with E-state index in [1.165, 1.54) is 33.3 Å². The summed E-state index contributed by atoms with van der Waals surface area (Å²) in [5, 5.41) is 43.3. The molecule has 0 spiro atoms. The maximum atomic E-state index is 8.03. The van der Waals surface area contributed by atoms with Crippen LogP contribution in [0.25, 0.3) is 0 Å². The van der Waals surface area contributed by atoms with E-state index in [-0.39, 0.29) is 22.2 Å². The predicted molar refractivity (Wildman–Crippen MR) is 141 cm³/mol. The fraction of sp³-hybridized carbons (Fsp3) is 0.375. The van der Waals surface area contributed by atoms with Crippen molar-refractivity contribution in [3.05, 3.63) is 54.4 Å². The molecule has 36 heavy (non-hydrogen) atoms. The summed E-state index contributed by atoms with van der Waals surface area (Å²) in [6, 6.07) is 11.5. The van der Waals surface area contributed by atoms with E-state index in [9.17, 15) is 0 Å². The Bertz CT molecular complexity index is 897. The van der Waals surface area contributed by atoms with Crippen LogP contribution < -0.4 is 4.74 Å². The first kappa shape index (κ1) is 37.3. The molecule has 4 N–H and O–H groups in total. The van der Waals surface area contributed by atoms with Gasteiger partial charge in [-0.15, -0.1) is 0 Å². The Kier molecular flexibility index (Phi) is 21.9. The fourth-order valence-electron chi connectivity index (χ4n) is 1.72. The van der Waals surface area contributed by atoms with E-state index < -0.39 is 0 Å². The Hall–Kier alpha value is -3.22. The first-order valence-corrected chi connectivity index (χ1v) is 10.8. The second kappa shape index (κ2) is 21.1. The number of oxime groups is 4. The van der Waals surface area contributed by atoms with Crippen LogP contribution in [0.3, 0.4) is 0 Å². The zero-order chi connectivity index (χ0) is 27.4. The summed E-state index contributed by atoms with van der Waals surface area (Å²) in [6.07, 6.45) is 3.67. The average Bonchev–Trinajstić information content (AvgIpc) is 2.88. The maximum absolute atomic E-state index is 8.03. The monoisotopic (exact) mass is 565 g/mol. The Morgan fingerprint density at radius 3 is 1.28 bits per heavy atom. The molecule has 1 radical (unpaired) electrons. The van der Waals surface area contributed by atoms with Crippen LogP contribution in [0.5, 0.6) is 5.75 Å². The van der Waals surface area contributed by atoms with Gasteiger partial charge in [-0.05, 0) is 62.9 Å². The third kappa shape index (κ3) is 18.1. The second-order valence-electron chi connectivity index (χ2n) is 7.90. The van der Waals surface area contributed by atoms with E-state index in [0.29, 0.717) is 22.8 Å². The molecule has 0 bridgehead atoms. The van der Waals surface area contributed by atoms with Crippen LogP contribution in [-0.2, 0) is 34.8 Å². The van der Waals surface area contributed by atoms with Crippen LogP contribution in [0, 0.1) is 0 Å². The molecule has 0 amide bonds. The van der Waals surface area contributed by atoms with Gasteiger partial charge in [0.2, 0.25) is 0 Å². The number of hydrogen-bond acceptors (Lipinski definition) is 11. The molecule has 0 saturated heterocycles. The summed E-state index contributed by atoms with van der Waals surface area (Å²) >= 11 is 4.86. The van der Waals surface area contributed by atoms with Crippen molar-refractivity contribution in [2.45, 2.75) is 58.8 Å². The van der Waals surface area contributed by atoms with Crippen molar-refractivity contribution >= 4 is 35.5 Å². The first-order chi connectivity index (χ1) is 16.4. The van der Waals surface area contributed by atoms with Crippen LogP contribution in [0.2, 0.25) is 0 Å². The molecule has 0 saturated carbocycles. The van der Waals surface area contributed by atoms with Crippen molar-refractivity contribution in [1.29, 1.82) is 0 Å². The molecule has 1 aromatic carbocycles. The number of pyridine rings is 1. The molecule has 0 aliphatic carbocycles. The minimum Gasteiger partial charge on any atom is -0.780 e. The van der Waals surface area contributed by atoms with E-state index in [1.54, 1.807) is 7.11 Å². The van der Waals surface area contributed by atoms with Gasteiger partial charge < -0.3 is 38.2 Å². The third-order valence-corrected chi connectivity index (χ3v) is 4.53. The molecular weight excluding hydrogens is 529 g/mol. The fourth-order valence-corrected chi connectivity index (χ4v) is 1.85. The zero-order valence-corrected chi connectivity index (χ0v) is 23.7. The summed E-state index contributed by atoms with van der Waals surface area (Å²) in [4.78, 5) is 4.80. The van der Waals surface area contributed by atoms with Crippen LogP contribution >= 0.6 is 0 Å². The predicted octanol–water partition coefficient (Wildman–Crippen LogP) is 5.35. The number of benzene rings is 1. The average molecular weight is 566 g/mol. The van der Waals surface area contributed by atoms with Crippen LogP contribution in [0.1, 0.15) is 54.0 Å². The summed E-state index contributed by atoms with van der Waals surface area (Å²) in [5.41, 5.74) is 2.84. The molecule has 0 unspecified atom stereocenters. The van der Waals surface area contributed by atoms with Crippen molar-refractivity contribution in [1.82, 2.24) is 4.98 Å². The number of aromatic nitrogens is 1. The smallest absolute Gasteiger partial charge is 0.118 e. The van der Waals surface area contributed by atoms with Crippen molar-refractivity contribution in [3.63, 3.8) is 0 Å². The minimum absolute atomic E-state index is 0. The number of rotatable bonds is 3. The molecule has 2 aromatic rings. The topological polar surface area (TPSA) is 152 Å². The van der Waals surface area contributed by atoms with E-state index >= 15 is 0 Å². The zero-order valence-electron chi connectivity index (χ0n) is 21.8. The molecule has 2 rings (SSSR count). The van der Waals surface area contributed by atoms with Crippen molar-refractivity contribution in [2.75, 3.05) is 7.11 Å². The maximum Gasteiger partial charge on any atom is 0.118 e. The van der Waals surface area contributed by atoms with E-state index in [4.69, 9.17) is 38.2 Å². The Morgan fingerprint density at radius 1 is 0.722 bits per heavy atom. The van der Waals surface area contributed by atoms with Gasteiger partial charge >= 0.3 is 0 Å². The van der Waals surface area contributed by atoms with Crippen LogP contribution in [0.4, 0.5) is 0 Å². The molecule has 203 valence electrons. The van der Waals surface area contributed by atoms with Crippen molar-refractivity contribution in [2.24, 2.45) is 20.6 Å². The Morgan fingerprint density at radius 2 is 1.06 bits per heavy atom. The standard InChI is InChI=1S/C9H13N.C7H8OS.2C4H8N2O2.Co/c1-9(2,3)8-4-6-10-7-5-8;1-8-6-2-4-7(9)5-3-6;2*1-3(5-7)4(2)6-8;/h4-7H,1-3H3;2-5,9H,1H3;2*7-8H,1-2H3;/p-1/b;;2*5-3+,6-4+;. The van der Waals surface area contributed by atoms with Gasteiger partial charge in [-0.1, -0.05) is 53.5 Å². The Balaban J connectivity index is -0.000000402. The molecular formula is C24H36CoN5O5S-. The summed E-state index contributed by atoms with van der Waals surface area (Å²) < 4.78 is 4.92. The third-order valence-electron chi connectivity index (χ3n) is 4.25. The van der Waals surface area contributed by atoms with E-state index in [1.807, 2.05) is 36.7 Å². The normalized spacial score (nSPS) is 11.8. The Labute approximate surface area is 229 Å². The molecule has 0 fully saturated rings. The summed E-state index contributed by atoms with van der Waals surface area (Å²) in [5.74, 6) is 0.851. The van der Waals surface area contributed by atoms with Gasteiger partial charge in [0.05, 0.1) is 7.11 Å². The largest absolute Gasteiger partial charge is 0.780 e. The number of ether oxygens (including phenoxy) is 1. The minimum atomic E-state index is 0. The van der Waals surface area contributed by atoms with Gasteiger partial charge in [0.1, 0.15) is 28.6 Å². The van der Waals surface area contributed by atoms with E-state index in [2.05, 4.69) is 58.5 Å². The molecule has 1 heterocycles. The van der Waals surface area contributed by atoms with Crippen molar-refractivity contribution < 1.29 is 42.3 Å². The quantitative estimate of drug-likeness (QED) is 0.169. The SMILES string of the molecule is CC(=N\O)/C(C)=N/O.CC(=N\O)/C(C)=N/O.CC(C)(C)c1ccncc1.COc1ccc([S-])cc1.[Co]. The molecule has 0 atom stereocenters. The summed E-state index contributed by atoms with van der Waals surface area (Å²) in [6.45, 7) is 12.7. The van der Waals surface area contributed by atoms with Crippen molar-refractivity contribution in [3.8, 4) is 5.75 Å². The molecule has 1 aromatic heterocycles. The van der Waals surface area contributed by atoms with E-state index in [0.717, 1.165) is 10.6 Å². The number of methoxy groups -OCH3 is 1. The first-order valence-electron chi connectivity index (χ1n) is 10.3. The molecule has 12 heteroatoms. The van der Waals surface area contributed by atoms with Gasteiger partial charge in [0.15, 0.2) is 0 Å². The van der Waals surface area contributed by atoms with Crippen LogP contribution in [0.15, 0.2) is 74.3 Å². The van der Waals surface area contributed by atoms with Gasteiger partial charge in [0.25, 0.3) is 0 Å². The van der Waals surface area contributed by atoms with Crippen LogP contribution in [-0.4, -0.2) is 55.8 Å². The number of nitrogens with zero attached hydrogens (tertiary/aromatic N) is 5.